The second-order valence-corrected chi connectivity index (χ2v) is 5.70. The van der Waals surface area contributed by atoms with Crippen LogP contribution in [0.15, 0.2) is 24.3 Å². The van der Waals surface area contributed by atoms with Gasteiger partial charge in [0.1, 0.15) is 11.9 Å². The zero-order chi connectivity index (χ0) is 16.6. The third kappa shape index (κ3) is 2.94. The molecule has 1 unspecified atom stereocenters. The maximum Gasteiger partial charge on any atom is 0.248 e. The highest BCUT2D eigenvalue weighted by Gasteiger charge is 2.33. The number of anilines is 1. The number of hydrogen-bond donors (Lipinski definition) is 2. The average molecular weight is 316 g/mol. The predicted octanol–water partition coefficient (Wildman–Crippen LogP) is 2.08. The lowest BCUT2D eigenvalue weighted by molar-refractivity contribution is -0.131. The fourth-order valence-electron chi connectivity index (χ4n) is 2.69. The molecule has 0 aliphatic carbocycles. The van der Waals surface area contributed by atoms with E-state index in [1.807, 2.05) is 6.92 Å². The highest BCUT2D eigenvalue weighted by Crippen LogP contribution is 2.24. The van der Waals surface area contributed by atoms with Crippen LogP contribution in [0.25, 0.3) is 11.3 Å². The minimum Gasteiger partial charge on any atom is -0.334 e. The van der Waals surface area contributed by atoms with Crippen LogP contribution in [0.3, 0.4) is 0 Å². The van der Waals surface area contributed by atoms with Crippen molar-refractivity contribution in [3.8, 4) is 11.3 Å². The molecule has 7 heteroatoms. The van der Waals surface area contributed by atoms with Crippen molar-refractivity contribution in [1.82, 2.24) is 15.1 Å². The van der Waals surface area contributed by atoms with Gasteiger partial charge in [-0.2, -0.15) is 5.10 Å². The van der Waals surface area contributed by atoms with E-state index in [1.165, 1.54) is 11.0 Å². The van der Waals surface area contributed by atoms with Crippen LogP contribution < -0.4 is 5.32 Å². The summed E-state index contributed by atoms with van der Waals surface area (Å²) in [5.41, 5.74) is 1.80. The van der Waals surface area contributed by atoms with Gasteiger partial charge in [0.25, 0.3) is 0 Å². The molecule has 1 fully saturated rings. The lowest BCUT2D eigenvalue weighted by Crippen LogP contribution is -2.38. The normalized spacial score (nSPS) is 17.6. The molecule has 0 bridgehead atoms. The Morgan fingerprint density at radius 1 is 1.43 bits per heavy atom. The van der Waals surface area contributed by atoms with Gasteiger partial charge in [0.15, 0.2) is 5.82 Å². The molecular formula is C16H17FN4O2. The van der Waals surface area contributed by atoms with E-state index in [1.54, 1.807) is 25.2 Å². The third-order valence-corrected chi connectivity index (χ3v) is 4.04. The largest absolute Gasteiger partial charge is 0.334 e. The van der Waals surface area contributed by atoms with E-state index in [0.29, 0.717) is 29.9 Å². The minimum absolute atomic E-state index is 0.0466. The average Bonchev–Trinajstić information content (AvgIpc) is 3.10. The molecule has 1 aliphatic rings. The first-order valence-electron chi connectivity index (χ1n) is 7.34. The second kappa shape index (κ2) is 5.83. The Labute approximate surface area is 132 Å². The molecule has 2 amide bonds. The number of H-pyrrole nitrogens is 1. The monoisotopic (exact) mass is 316 g/mol. The van der Waals surface area contributed by atoms with Gasteiger partial charge in [-0.05, 0) is 25.5 Å². The van der Waals surface area contributed by atoms with Gasteiger partial charge in [-0.1, -0.05) is 11.6 Å². The van der Waals surface area contributed by atoms with Crippen LogP contribution in [0.2, 0.25) is 0 Å². The van der Waals surface area contributed by atoms with E-state index in [9.17, 15) is 14.0 Å². The van der Waals surface area contributed by atoms with Gasteiger partial charge < -0.3 is 10.2 Å². The van der Waals surface area contributed by atoms with Crippen molar-refractivity contribution < 1.29 is 14.0 Å². The predicted molar refractivity (Wildman–Crippen MR) is 83.1 cm³/mol. The summed E-state index contributed by atoms with van der Waals surface area (Å²) in [5.74, 6) is -0.396. The molecule has 2 N–H and O–H groups in total. The number of likely N-dealkylation sites (tertiary alicyclic amines) is 1. The van der Waals surface area contributed by atoms with Gasteiger partial charge in [0.05, 0.1) is 5.69 Å². The molecular weight excluding hydrogens is 299 g/mol. The summed E-state index contributed by atoms with van der Waals surface area (Å²) in [7, 11) is 1.61. The minimum atomic E-state index is -0.488. The van der Waals surface area contributed by atoms with Crippen molar-refractivity contribution in [3.05, 3.63) is 35.6 Å². The molecule has 0 saturated carbocycles. The number of nitrogens with zero attached hydrogens (tertiary/aromatic N) is 2. The summed E-state index contributed by atoms with van der Waals surface area (Å²) in [6.45, 7) is 1.87. The van der Waals surface area contributed by atoms with Gasteiger partial charge >= 0.3 is 0 Å². The Morgan fingerprint density at radius 3 is 2.91 bits per heavy atom. The maximum absolute atomic E-state index is 13.9. The number of rotatable bonds is 3. The van der Waals surface area contributed by atoms with E-state index in [0.717, 1.165) is 5.56 Å². The fraction of sp³-hybridized carbons (Fsp3) is 0.312. The summed E-state index contributed by atoms with van der Waals surface area (Å²) in [5, 5.41) is 9.37. The zero-order valence-electron chi connectivity index (χ0n) is 12.9. The Balaban J connectivity index is 1.76. The van der Waals surface area contributed by atoms with E-state index in [-0.39, 0.29) is 17.6 Å². The molecule has 2 aromatic rings. The quantitative estimate of drug-likeness (QED) is 0.910. The Morgan fingerprint density at radius 2 is 2.22 bits per heavy atom. The number of aromatic amines is 1. The van der Waals surface area contributed by atoms with Crippen LogP contribution in [-0.2, 0) is 9.59 Å². The number of halogens is 1. The molecule has 1 aliphatic heterocycles. The first kappa shape index (κ1) is 15.2. The van der Waals surface area contributed by atoms with Crippen molar-refractivity contribution in [2.24, 2.45) is 0 Å². The number of aryl methyl sites for hydroxylation is 1. The second-order valence-electron chi connectivity index (χ2n) is 5.70. The highest BCUT2D eigenvalue weighted by molar-refractivity contribution is 5.98. The lowest BCUT2D eigenvalue weighted by atomic mass is 10.1. The number of likely N-dealkylation sites (N-methyl/N-ethyl adjacent to an activating group) is 1. The van der Waals surface area contributed by atoms with Gasteiger partial charge in [-0.3, -0.25) is 14.7 Å². The smallest absolute Gasteiger partial charge is 0.248 e. The molecule has 0 radical (unpaired) electrons. The molecule has 6 nitrogen and oxygen atoms in total. The van der Waals surface area contributed by atoms with Gasteiger partial charge in [-0.25, -0.2) is 4.39 Å². The van der Waals surface area contributed by atoms with Crippen molar-refractivity contribution >= 4 is 17.6 Å². The molecule has 23 heavy (non-hydrogen) atoms. The van der Waals surface area contributed by atoms with Crippen molar-refractivity contribution in [3.63, 3.8) is 0 Å². The Bertz CT molecular complexity index is 771. The summed E-state index contributed by atoms with van der Waals surface area (Å²) in [4.78, 5) is 25.1. The Hall–Kier alpha value is -2.70. The van der Waals surface area contributed by atoms with Gasteiger partial charge in [-0.15, -0.1) is 0 Å². The third-order valence-electron chi connectivity index (χ3n) is 4.04. The van der Waals surface area contributed by atoms with E-state index >= 15 is 0 Å². The number of nitrogens with one attached hydrogen (secondary N) is 2. The molecule has 1 aromatic heterocycles. The number of benzene rings is 1. The van der Waals surface area contributed by atoms with Gasteiger partial charge in [0, 0.05) is 25.1 Å². The Kier molecular flexibility index (Phi) is 3.85. The topological polar surface area (TPSA) is 78.1 Å². The van der Waals surface area contributed by atoms with Crippen molar-refractivity contribution in [2.75, 3.05) is 12.4 Å². The van der Waals surface area contributed by atoms with Crippen LogP contribution in [0.1, 0.15) is 18.4 Å². The molecule has 1 atom stereocenters. The zero-order valence-corrected chi connectivity index (χ0v) is 12.9. The number of aromatic nitrogens is 2. The number of hydrogen-bond acceptors (Lipinski definition) is 3. The number of amides is 2. The summed E-state index contributed by atoms with van der Waals surface area (Å²) < 4.78 is 13.9. The molecule has 3 rings (SSSR count). The standard InChI is InChI=1S/C16H17FN4O2/c1-9-3-4-11(17)10(7-9)12-8-14(20-19-12)18-16(23)13-5-6-15(22)21(13)2/h3-4,7-8,13H,5-6H2,1-2H3,(H2,18,19,20,23). The van der Waals surface area contributed by atoms with Gasteiger partial charge in [0.2, 0.25) is 11.8 Å². The summed E-state index contributed by atoms with van der Waals surface area (Å²) >= 11 is 0. The first-order chi connectivity index (χ1) is 11.0. The molecule has 120 valence electrons. The molecule has 2 heterocycles. The summed E-state index contributed by atoms with van der Waals surface area (Å²) in [6, 6.07) is 5.87. The SMILES string of the molecule is Cc1ccc(F)c(-c2cc(NC(=O)C3CCC(=O)N3C)n[nH]2)c1. The molecule has 1 saturated heterocycles. The van der Waals surface area contributed by atoms with Crippen LogP contribution in [0.4, 0.5) is 10.2 Å². The summed E-state index contributed by atoms with van der Waals surface area (Å²) in [6.07, 6.45) is 0.861. The fourth-order valence-corrected chi connectivity index (χ4v) is 2.69. The highest BCUT2D eigenvalue weighted by atomic mass is 19.1. The first-order valence-corrected chi connectivity index (χ1v) is 7.34. The van der Waals surface area contributed by atoms with E-state index < -0.39 is 6.04 Å². The number of carbonyl (C=O) groups is 2. The molecule has 1 aromatic carbocycles. The van der Waals surface area contributed by atoms with Crippen molar-refractivity contribution in [2.45, 2.75) is 25.8 Å². The lowest BCUT2D eigenvalue weighted by Gasteiger charge is -2.18. The van der Waals surface area contributed by atoms with E-state index in [4.69, 9.17) is 0 Å². The van der Waals surface area contributed by atoms with Crippen LogP contribution in [-0.4, -0.2) is 40.0 Å². The van der Waals surface area contributed by atoms with Crippen molar-refractivity contribution in [1.29, 1.82) is 0 Å². The van der Waals surface area contributed by atoms with Crippen LogP contribution >= 0.6 is 0 Å². The van der Waals surface area contributed by atoms with E-state index in [2.05, 4.69) is 15.5 Å². The van der Waals surface area contributed by atoms with Crippen LogP contribution in [0.5, 0.6) is 0 Å². The molecule has 0 spiro atoms. The maximum atomic E-state index is 13.9. The van der Waals surface area contributed by atoms with Crippen LogP contribution in [0, 0.1) is 12.7 Å². The number of carbonyl (C=O) groups excluding carboxylic acids is 2.